The van der Waals surface area contributed by atoms with Gasteiger partial charge in [0.1, 0.15) is 6.04 Å². The first kappa shape index (κ1) is 20.1. The molecule has 2 aliphatic rings. The molecule has 3 heterocycles. The first-order valence-corrected chi connectivity index (χ1v) is 11.1. The molecule has 0 saturated carbocycles. The highest BCUT2D eigenvalue weighted by molar-refractivity contribution is 7.09. The second kappa shape index (κ2) is 9.07. The van der Waals surface area contributed by atoms with Crippen LogP contribution in [0, 0.1) is 0 Å². The van der Waals surface area contributed by atoms with Gasteiger partial charge in [-0.05, 0) is 43.5 Å². The van der Waals surface area contributed by atoms with Crippen molar-refractivity contribution in [2.75, 3.05) is 25.5 Å². The molecule has 0 bridgehead atoms. The van der Waals surface area contributed by atoms with E-state index >= 15 is 0 Å². The monoisotopic (exact) mass is 412 g/mol. The molecule has 4 rings (SSSR count). The standard InChI is InChI=1S/C22H28N4O2S/c1-25-17(9-10-20(27)24-16-6-3-2-4-7-16)14-23-22(28)21-19(25)11-12-26(21)15-18-8-5-13-29-18/h2-8,13,17,19,21H,9-12,14-15H2,1H3,(H,23,28)(H,24,27). The quantitative estimate of drug-likeness (QED) is 0.765. The maximum Gasteiger partial charge on any atom is 0.239 e. The second-order valence-corrected chi connectivity index (χ2v) is 8.90. The molecule has 29 heavy (non-hydrogen) atoms. The first-order valence-electron chi connectivity index (χ1n) is 10.2. The number of amides is 2. The molecule has 2 N–H and O–H groups in total. The third-order valence-electron chi connectivity index (χ3n) is 6.05. The molecule has 6 nitrogen and oxygen atoms in total. The van der Waals surface area contributed by atoms with E-state index in [0.717, 1.165) is 31.6 Å². The number of para-hydroxylation sites is 1. The minimum absolute atomic E-state index is 0.0162. The van der Waals surface area contributed by atoms with Crippen LogP contribution in [-0.2, 0) is 16.1 Å². The minimum Gasteiger partial charge on any atom is -0.353 e. The average molecular weight is 413 g/mol. The molecule has 2 fully saturated rings. The Bertz CT molecular complexity index is 827. The van der Waals surface area contributed by atoms with Gasteiger partial charge < -0.3 is 10.6 Å². The lowest BCUT2D eigenvalue weighted by Crippen LogP contribution is -2.49. The van der Waals surface area contributed by atoms with E-state index in [4.69, 9.17) is 0 Å². The fraction of sp³-hybridized carbons (Fsp3) is 0.455. The molecular weight excluding hydrogens is 384 g/mol. The molecule has 2 aromatic rings. The van der Waals surface area contributed by atoms with Crippen LogP contribution in [0.3, 0.4) is 0 Å². The van der Waals surface area contributed by atoms with Crippen molar-refractivity contribution in [3.63, 3.8) is 0 Å². The Balaban J connectivity index is 1.36. The smallest absolute Gasteiger partial charge is 0.239 e. The van der Waals surface area contributed by atoms with Crippen molar-refractivity contribution in [3.05, 3.63) is 52.7 Å². The van der Waals surface area contributed by atoms with Gasteiger partial charge in [-0.1, -0.05) is 24.3 Å². The zero-order valence-electron chi connectivity index (χ0n) is 16.7. The van der Waals surface area contributed by atoms with Crippen LogP contribution in [0.15, 0.2) is 47.8 Å². The van der Waals surface area contributed by atoms with E-state index in [1.54, 1.807) is 11.3 Å². The van der Waals surface area contributed by atoms with Gasteiger partial charge in [0, 0.05) is 48.7 Å². The fourth-order valence-corrected chi connectivity index (χ4v) is 5.20. The van der Waals surface area contributed by atoms with E-state index in [0.29, 0.717) is 13.0 Å². The van der Waals surface area contributed by atoms with Crippen LogP contribution in [-0.4, -0.2) is 59.9 Å². The zero-order valence-corrected chi connectivity index (χ0v) is 17.5. The van der Waals surface area contributed by atoms with E-state index in [-0.39, 0.29) is 29.9 Å². The summed E-state index contributed by atoms with van der Waals surface area (Å²) in [6, 6.07) is 14.0. The van der Waals surface area contributed by atoms with Crippen molar-refractivity contribution in [2.45, 2.75) is 43.9 Å². The Morgan fingerprint density at radius 3 is 2.83 bits per heavy atom. The number of likely N-dealkylation sites (N-methyl/N-ethyl adjacent to an activating group) is 1. The zero-order chi connectivity index (χ0) is 20.2. The van der Waals surface area contributed by atoms with Crippen molar-refractivity contribution in [1.82, 2.24) is 15.1 Å². The predicted molar refractivity (Wildman–Crippen MR) is 116 cm³/mol. The molecular formula is C22H28N4O2S. The number of nitrogens with one attached hydrogen (secondary N) is 2. The van der Waals surface area contributed by atoms with Crippen LogP contribution in [0.2, 0.25) is 0 Å². The molecule has 2 amide bonds. The highest BCUT2D eigenvalue weighted by atomic mass is 32.1. The lowest BCUT2D eigenvalue weighted by Gasteiger charge is -2.33. The van der Waals surface area contributed by atoms with Gasteiger partial charge in [0.25, 0.3) is 0 Å². The molecule has 0 aliphatic carbocycles. The molecule has 2 saturated heterocycles. The van der Waals surface area contributed by atoms with Crippen LogP contribution < -0.4 is 10.6 Å². The molecule has 3 atom stereocenters. The van der Waals surface area contributed by atoms with Crippen molar-refractivity contribution in [1.29, 1.82) is 0 Å². The van der Waals surface area contributed by atoms with Gasteiger partial charge in [0.05, 0.1) is 0 Å². The number of thiophene rings is 1. The van der Waals surface area contributed by atoms with Crippen molar-refractivity contribution >= 4 is 28.8 Å². The summed E-state index contributed by atoms with van der Waals surface area (Å²) in [7, 11) is 2.10. The van der Waals surface area contributed by atoms with Crippen molar-refractivity contribution in [3.8, 4) is 0 Å². The van der Waals surface area contributed by atoms with E-state index in [9.17, 15) is 9.59 Å². The number of rotatable bonds is 6. The van der Waals surface area contributed by atoms with Crippen LogP contribution in [0.4, 0.5) is 5.69 Å². The molecule has 2 aliphatic heterocycles. The Labute approximate surface area is 175 Å². The number of carbonyl (C=O) groups excluding carboxylic acids is 2. The summed E-state index contributed by atoms with van der Waals surface area (Å²) in [6.07, 6.45) is 2.15. The lowest BCUT2D eigenvalue weighted by atomic mass is 10.0. The number of fused-ring (bicyclic) bond motifs is 1. The number of anilines is 1. The van der Waals surface area contributed by atoms with Gasteiger partial charge in [-0.25, -0.2) is 0 Å². The topological polar surface area (TPSA) is 64.7 Å². The highest BCUT2D eigenvalue weighted by Gasteiger charge is 2.44. The van der Waals surface area contributed by atoms with Crippen molar-refractivity contribution < 1.29 is 9.59 Å². The number of nitrogens with zero attached hydrogens (tertiary/aromatic N) is 2. The summed E-state index contributed by atoms with van der Waals surface area (Å²) >= 11 is 1.74. The van der Waals surface area contributed by atoms with Crippen LogP contribution >= 0.6 is 11.3 Å². The van der Waals surface area contributed by atoms with Crippen LogP contribution in [0.1, 0.15) is 24.1 Å². The largest absolute Gasteiger partial charge is 0.353 e. The molecule has 0 spiro atoms. The van der Waals surface area contributed by atoms with Gasteiger partial charge in [-0.2, -0.15) is 0 Å². The number of benzene rings is 1. The van der Waals surface area contributed by atoms with Crippen LogP contribution in [0.25, 0.3) is 0 Å². The first-order chi connectivity index (χ1) is 14.1. The van der Waals surface area contributed by atoms with E-state index in [1.165, 1.54) is 4.88 Å². The van der Waals surface area contributed by atoms with Gasteiger partial charge in [-0.15, -0.1) is 11.3 Å². The number of likely N-dealkylation sites (tertiary alicyclic amines) is 1. The maximum absolute atomic E-state index is 12.8. The van der Waals surface area contributed by atoms with Gasteiger partial charge >= 0.3 is 0 Å². The van der Waals surface area contributed by atoms with Crippen LogP contribution in [0.5, 0.6) is 0 Å². The molecule has 0 radical (unpaired) electrons. The average Bonchev–Trinajstić information content (AvgIpc) is 3.36. The van der Waals surface area contributed by atoms with E-state index in [1.807, 2.05) is 30.3 Å². The Morgan fingerprint density at radius 1 is 1.24 bits per heavy atom. The maximum atomic E-state index is 12.8. The fourth-order valence-electron chi connectivity index (χ4n) is 4.47. The summed E-state index contributed by atoms with van der Waals surface area (Å²) in [4.78, 5) is 31.1. The van der Waals surface area contributed by atoms with Crippen molar-refractivity contribution in [2.24, 2.45) is 0 Å². The summed E-state index contributed by atoms with van der Waals surface area (Å²) in [5.41, 5.74) is 0.820. The summed E-state index contributed by atoms with van der Waals surface area (Å²) in [6.45, 7) is 2.34. The predicted octanol–water partition coefficient (Wildman–Crippen LogP) is 2.54. The summed E-state index contributed by atoms with van der Waals surface area (Å²) in [5.74, 6) is 0.134. The van der Waals surface area contributed by atoms with E-state index in [2.05, 4.69) is 45.0 Å². The Kier molecular flexibility index (Phi) is 6.28. The normalized spacial score (nSPS) is 25.3. The Hall–Kier alpha value is -2.22. The molecule has 3 unspecified atom stereocenters. The number of hydrogen-bond acceptors (Lipinski definition) is 5. The third kappa shape index (κ3) is 4.69. The number of carbonyl (C=O) groups is 2. The lowest BCUT2D eigenvalue weighted by molar-refractivity contribution is -0.126. The third-order valence-corrected chi connectivity index (χ3v) is 6.91. The number of hydrogen-bond donors (Lipinski definition) is 2. The van der Waals surface area contributed by atoms with Gasteiger partial charge in [0.15, 0.2) is 0 Å². The van der Waals surface area contributed by atoms with Gasteiger partial charge in [0.2, 0.25) is 11.8 Å². The minimum atomic E-state index is -0.120. The molecule has 1 aromatic heterocycles. The Morgan fingerprint density at radius 2 is 2.07 bits per heavy atom. The molecule has 7 heteroatoms. The SMILES string of the molecule is CN1C(CCC(=O)Nc2ccccc2)CNC(=O)C2C1CCN2Cc1cccs1. The summed E-state index contributed by atoms with van der Waals surface area (Å²) < 4.78 is 0. The highest BCUT2D eigenvalue weighted by Crippen LogP contribution is 2.29. The van der Waals surface area contributed by atoms with Gasteiger partial charge in [-0.3, -0.25) is 19.4 Å². The molecule has 154 valence electrons. The summed E-state index contributed by atoms with van der Waals surface area (Å²) in [5, 5.41) is 8.16. The van der Waals surface area contributed by atoms with E-state index < -0.39 is 0 Å². The molecule has 1 aromatic carbocycles. The second-order valence-electron chi connectivity index (χ2n) is 7.87.